The van der Waals surface area contributed by atoms with Gasteiger partial charge in [0.05, 0.1) is 23.1 Å². The number of esters is 1. The number of methoxy groups -OCH3 is 1. The third-order valence-corrected chi connectivity index (χ3v) is 3.42. The fourth-order valence-electron chi connectivity index (χ4n) is 1.83. The fraction of sp³-hybridized carbons (Fsp3) is 0.286. The van der Waals surface area contributed by atoms with Crippen molar-refractivity contribution in [3.63, 3.8) is 0 Å². The summed E-state index contributed by atoms with van der Waals surface area (Å²) in [7, 11) is 1.19. The summed E-state index contributed by atoms with van der Waals surface area (Å²) in [5, 5.41) is 0.133. The number of aromatic nitrogens is 1. The van der Waals surface area contributed by atoms with Gasteiger partial charge in [-0.15, -0.1) is 0 Å². The van der Waals surface area contributed by atoms with Gasteiger partial charge in [0, 0.05) is 12.1 Å². The maximum atomic E-state index is 14.0. The van der Waals surface area contributed by atoms with Crippen molar-refractivity contribution in [2.24, 2.45) is 0 Å². The second-order valence-corrected chi connectivity index (χ2v) is 5.33. The summed E-state index contributed by atoms with van der Waals surface area (Å²) in [5.41, 5.74) is -0.278. The molecule has 21 heavy (non-hydrogen) atoms. The van der Waals surface area contributed by atoms with Crippen LogP contribution in [0.2, 0.25) is 0 Å². The largest absolute Gasteiger partial charge is 0.490 e. The highest BCUT2D eigenvalue weighted by Crippen LogP contribution is 2.36. The van der Waals surface area contributed by atoms with Gasteiger partial charge in [-0.05, 0) is 29.8 Å². The quantitative estimate of drug-likeness (QED) is 0.616. The van der Waals surface area contributed by atoms with Crippen molar-refractivity contribution in [1.82, 2.24) is 4.98 Å². The third kappa shape index (κ3) is 2.97. The van der Waals surface area contributed by atoms with Crippen LogP contribution in [0.1, 0.15) is 24.3 Å². The highest BCUT2D eigenvalue weighted by Gasteiger charge is 2.21. The molecule has 2 aromatic rings. The summed E-state index contributed by atoms with van der Waals surface area (Å²) >= 11 is 3.06. The second kappa shape index (κ2) is 5.93. The smallest absolute Gasteiger partial charge is 0.356 e. The molecule has 0 aliphatic rings. The van der Waals surface area contributed by atoms with Gasteiger partial charge >= 0.3 is 5.97 Å². The molecule has 1 aromatic heterocycles. The zero-order valence-electron chi connectivity index (χ0n) is 11.5. The van der Waals surface area contributed by atoms with E-state index in [-0.39, 0.29) is 32.9 Å². The number of pyridine rings is 1. The molecule has 4 nitrogen and oxygen atoms in total. The number of carbonyl (C=O) groups excluding carboxylic acids is 1. The lowest BCUT2D eigenvalue weighted by Crippen LogP contribution is -2.10. The molecule has 0 N–H and O–H groups in total. The van der Waals surface area contributed by atoms with Crippen molar-refractivity contribution in [2.75, 3.05) is 7.11 Å². The molecule has 7 heteroatoms. The molecule has 1 aromatic carbocycles. The van der Waals surface area contributed by atoms with E-state index in [1.54, 1.807) is 13.8 Å². The number of hydrogen-bond acceptors (Lipinski definition) is 4. The number of halogens is 3. The highest BCUT2D eigenvalue weighted by atomic mass is 79.9. The zero-order chi connectivity index (χ0) is 15.7. The summed E-state index contributed by atoms with van der Waals surface area (Å²) < 4.78 is 37.8. The number of fused-ring (bicyclic) bond motifs is 1. The van der Waals surface area contributed by atoms with Crippen molar-refractivity contribution in [3.8, 4) is 5.75 Å². The van der Waals surface area contributed by atoms with Crippen LogP contribution in [-0.2, 0) is 4.74 Å². The molecule has 0 atom stereocenters. The summed E-state index contributed by atoms with van der Waals surface area (Å²) in [6.07, 6.45) is -0.251. The average molecular weight is 360 g/mol. The molecule has 0 saturated heterocycles. The first-order valence-electron chi connectivity index (χ1n) is 6.08. The summed E-state index contributed by atoms with van der Waals surface area (Å²) in [6.45, 7) is 3.52. The van der Waals surface area contributed by atoms with Crippen molar-refractivity contribution in [3.05, 3.63) is 33.9 Å². The summed E-state index contributed by atoms with van der Waals surface area (Å²) in [5.74, 6) is -2.24. The van der Waals surface area contributed by atoms with Crippen LogP contribution in [-0.4, -0.2) is 24.2 Å². The minimum atomic E-state index is -0.884. The van der Waals surface area contributed by atoms with Gasteiger partial charge in [0.15, 0.2) is 11.5 Å². The van der Waals surface area contributed by atoms with Crippen LogP contribution in [0.5, 0.6) is 5.75 Å². The van der Waals surface area contributed by atoms with Crippen LogP contribution >= 0.6 is 15.9 Å². The number of carbonyl (C=O) groups is 1. The van der Waals surface area contributed by atoms with E-state index in [0.717, 1.165) is 0 Å². The van der Waals surface area contributed by atoms with Crippen LogP contribution < -0.4 is 4.74 Å². The molecule has 0 radical (unpaired) electrons. The Balaban J connectivity index is 2.84. The Morgan fingerprint density at radius 2 is 1.95 bits per heavy atom. The first kappa shape index (κ1) is 15.6. The number of nitrogens with zero attached hydrogens (tertiary/aromatic N) is 1. The Kier molecular flexibility index (Phi) is 4.41. The number of hydrogen-bond donors (Lipinski definition) is 0. The van der Waals surface area contributed by atoms with Gasteiger partial charge in [-0.3, -0.25) is 0 Å². The van der Waals surface area contributed by atoms with Gasteiger partial charge < -0.3 is 9.47 Å². The lowest BCUT2D eigenvalue weighted by Gasteiger charge is -2.15. The van der Waals surface area contributed by atoms with Crippen molar-refractivity contribution >= 4 is 32.8 Å². The molecule has 0 aliphatic carbocycles. The maximum Gasteiger partial charge on any atom is 0.356 e. The molecular formula is C14H12BrF2NO3. The van der Waals surface area contributed by atoms with E-state index < -0.39 is 17.6 Å². The van der Waals surface area contributed by atoms with E-state index in [2.05, 4.69) is 25.7 Å². The molecule has 0 spiro atoms. The number of ether oxygens (including phenoxy) is 2. The van der Waals surface area contributed by atoms with E-state index >= 15 is 0 Å². The Morgan fingerprint density at radius 1 is 1.29 bits per heavy atom. The predicted octanol–water partition coefficient (Wildman–Crippen LogP) is 3.85. The lowest BCUT2D eigenvalue weighted by molar-refractivity contribution is 0.0593. The molecule has 112 valence electrons. The van der Waals surface area contributed by atoms with Gasteiger partial charge in [-0.1, -0.05) is 0 Å². The number of rotatable bonds is 3. The van der Waals surface area contributed by atoms with Crippen molar-refractivity contribution in [2.45, 2.75) is 20.0 Å². The molecule has 0 saturated carbocycles. The molecule has 0 aliphatic heterocycles. The molecule has 1 heterocycles. The van der Waals surface area contributed by atoms with E-state index in [1.165, 1.54) is 13.2 Å². The first-order chi connectivity index (χ1) is 9.85. The van der Waals surface area contributed by atoms with Crippen molar-refractivity contribution in [1.29, 1.82) is 0 Å². The van der Waals surface area contributed by atoms with Gasteiger partial charge in [-0.25, -0.2) is 18.6 Å². The zero-order valence-corrected chi connectivity index (χ0v) is 13.1. The van der Waals surface area contributed by atoms with Gasteiger partial charge in [-0.2, -0.15) is 0 Å². The normalized spacial score (nSPS) is 11.0. The van der Waals surface area contributed by atoms with Gasteiger partial charge in [0.1, 0.15) is 17.1 Å². The summed E-state index contributed by atoms with van der Waals surface area (Å²) in [4.78, 5) is 15.5. The SMILES string of the molecule is COC(=O)c1cc(OC(C)C)c2c(Br)c(F)cc(F)c2n1. The van der Waals surface area contributed by atoms with Crippen LogP contribution in [0.15, 0.2) is 16.6 Å². The van der Waals surface area contributed by atoms with Crippen LogP contribution in [0.4, 0.5) is 8.78 Å². The average Bonchev–Trinajstić information content (AvgIpc) is 2.42. The molecule has 0 amide bonds. The minimum Gasteiger partial charge on any atom is -0.490 e. The predicted molar refractivity (Wildman–Crippen MR) is 76.5 cm³/mol. The minimum absolute atomic E-state index is 0.0264. The van der Waals surface area contributed by atoms with Crippen molar-refractivity contribution < 1.29 is 23.0 Å². The molecule has 0 unspecified atom stereocenters. The van der Waals surface area contributed by atoms with Gasteiger partial charge in [0.2, 0.25) is 0 Å². The Labute approximate surface area is 128 Å². The number of benzene rings is 1. The molecule has 0 fully saturated rings. The summed E-state index contributed by atoms with van der Waals surface area (Å²) in [6, 6.07) is 2.00. The topological polar surface area (TPSA) is 48.4 Å². The van der Waals surface area contributed by atoms with Crippen LogP contribution in [0, 0.1) is 11.6 Å². The Morgan fingerprint density at radius 3 is 2.52 bits per heavy atom. The molecule has 0 bridgehead atoms. The third-order valence-electron chi connectivity index (χ3n) is 2.65. The Bertz CT molecular complexity index is 719. The second-order valence-electron chi connectivity index (χ2n) is 4.54. The van der Waals surface area contributed by atoms with E-state index in [9.17, 15) is 13.6 Å². The van der Waals surface area contributed by atoms with Gasteiger partial charge in [0.25, 0.3) is 0 Å². The van der Waals surface area contributed by atoms with E-state index in [0.29, 0.717) is 6.07 Å². The fourth-order valence-corrected chi connectivity index (χ4v) is 2.32. The maximum absolute atomic E-state index is 14.0. The van der Waals surface area contributed by atoms with E-state index in [1.807, 2.05) is 0 Å². The monoisotopic (exact) mass is 359 g/mol. The van der Waals surface area contributed by atoms with E-state index in [4.69, 9.17) is 4.74 Å². The highest BCUT2D eigenvalue weighted by molar-refractivity contribution is 9.10. The van der Waals surface area contributed by atoms with Crippen LogP contribution in [0.25, 0.3) is 10.9 Å². The lowest BCUT2D eigenvalue weighted by atomic mass is 10.1. The molecular weight excluding hydrogens is 348 g/mol. The first-order valence-corrected chi connectivity index (χ1v) is 6.87. The standard InChI is InChI=1S/C14H12BrF2NO3/c1-6(2)21-10-5-9(14(19)20-3)18-13-8(17)4-7(16)12(15)11(10)13/h4-6H,1-3H3. The molecule has 2 rings (SSSR count). The van der Waals surface area contributed by atoms with Crippen LogP contribution in [0.3, 0.4) is 0 Å². The Hall–Kier alpha value is -1.76.